The van der Waals surface area contributed by atoms with E-state index in [4.69, 9.17) is 9.41 Å². The highest BCUT2D eigenvalue weighted by Crippen LogP contribution is 2.32. The SMILES string of the molecule is C/C=c1/oc2cc(N=C(C)c3cccc4c(Br)ccc(C(C)=O)c34)c(C)cc2/c1=C/CC. The van der Waals surface area contributed by atoms with Gasteiger partial charge in [-0.05, 0) is 69.3 Å². The lowest BCUT2D eigenvalue weighted by molar-refractivity contribution is 0.101. The fourth-order valence-corrected chi connectivity index (χ4v) is 4.70. The van der Waals surface area contributed by atoms with E-state index in [9.17, 15) is 4.79 Å². The number of halogens is 1. The second-order valence-electron chi connectivity index (χ2n) is 7.99. The van der Waals surface area contributed by atoms with Crippen molar-refractivity contribution < 1.29 is 9.21 Å². The number of carbonyl (C=O) groups excluding carboxylic acids is 1. The largest absolute Gasteiger partial charge is 0.456 e. The summed E-state index contributed by atoms with van der Waals surface area (Å²) >= 11 is 3.63. The number of Topliss-reactive ketones (excluding diaryl/α,β-unsaturated/α-hetero) is 1. The molecule has 0 atom stereocenters. The van der Waals surface area contributed by atoms with Gasteiger partial charge < -0.3 is 4.42 Å². The van der Waals surface area contributed by atoms with Gasteiger partial charge in [0.25, 0.3) is 0 Å². The second kappa shape index (κ2) is 8.87. The average molecular weight is 488 g/mol. The fraction of sp³-hybridized carbons (Fsp3) is 0.214. The number of nitrogens with zero attached hydrogens (tertiary/aromatic N) is 1. The minimum absolute atomic E-state index is 0.0407. The molecule has 0 bridgehead atoms. The number of hydrogen-bond acceptors (Lipinski definition) is 3. The zero-order valence-electron chi connectivity index (χ0n) is 19.0. The van der Waals surface area contributed by atoms with Crippen LogP contribution in [0.25, 0.3) is 33.9 Å². The predicted molar refractivity (Wildman–Crippen MR) is 139 cm³/mol. The normalized spacial score (nSPS) is 13.5. The molecule has 3 aromatic carbocycles. The van der Waals surface area contributed by atoms with Crippen LogP contribution in [0.1, 0.15) is 55.6 Å². The molecule has 0 N–H and O–H groups in total. The van der Waals surface area contributed by atoms with Crippen LogP contribution in [0, 0.1) is 6.92 Å². The van der Waals surface area contributed by atoms with Crippen molar-refractivity contribution in [3.05, 3.63) is 74.3 Å². The number of hydrogen-bond donors (Lipinski definition) is 0. The average Bonchev–Trinajstić information content (AvgIpc) is 3.10. The van der Waals surface area contributed by atoms with E-state index in [-0.39, 0.29) is 5.78 Å². The summed E-state index contributed by atoms with van der Waals surface area (Å²) in [5, 5.41) is 4.19. The third-order valence-corrected chi connectivity index (χ3v) is 6.48. The maximum atomic E-state index is 12.3. The second-order valence-corrected chi connectivity index (χ2v) is 8.85. The molecule has 32 heavy (non-hydrogen) atoms. The standard InChI is InChI=1S/C28H26BrNO2/c1-6-9-21-23-14-16(3)25(15-27(23)32-26(21)7-2)30-17(4)19-10-8-11-22-24(29)13-12-20(18(5)31)28(19)22/h7-15H,6H2,1-5H3/b21-9-,26-7+,30-17?. The minimum atomic E-state index is 0.0407. The van der Waals surface area contributed by atoms with E-state index >= 15 is 0 Å². The highest BCUT2D eigenvalue weighted by atomic mass is 79.9. The summed E-state index contributed by atoms with van der Waals surface area (Å²) in [7, 11) is 0. The molecule has 4 aromatic rings. The van der Waals surface area contributed by atoms with Gasteiger partial charge in [0, 0.05) is 43.4 Å². The number of rotatable bonds is 4. The van der Waals surface area contributed by atoms with Crippen LogP contribution in [0.5, 0.6) is 0 Å². The number of furan rings is 1. The third-order valence-electron chi connectivity index (χ3n) is 5.79. The van der Waals surface area contributed by atoms with Crippen molar-refractivity contribution in [1.29, 1.82) is 0 Å². The molecule has 0 fully saturated rings. The van der Waals surface area contributed by atoms with Gasteiger partial charge in [0.05, 0.1) is 5.69 Å². The molecule has 0 amide bonds. The van der Waals surface area contributed by atoms with E-state index in [2.05, 4.69) is 41.9 Å². The van der Waals surface area contributed by atoms with Crippen LogP contribution in [0.2, 0.25) is 0 Å². The molecule has 4 rings (SSSR count). The molecule has 0 spiro atoms. The number of ketones is 1. The van der Waals surface area contributed by atoms with Crippen molar-refractivity contribution >= 4 is 67.0 Å². The van der Waals surface area contributed by atoms with Crippen LogP contribution in [0.3, 0.4) is 0 Å². The third kappa shape index (κ3) is 3.84. The van der Waals surface area contributed by atoms with Gasteiger partial charge in [0.2, 0.25) is 0 Å². The summed E-state index contributed by atoms with van der Waals surface area (Å²) in [5.41, 5.74) is 6.19. The van der Waals surface area contributed by atoms with Crippen LogP contribution in [0.15, 0.2) is 56.3 Å². The Morgan fingerprint density at radius 2 is 1.88 bits per heavy atom. The van der Waals surface area contributed by atoms with Crippen molar-refractivity contribution in [3.63, 3.8) is 0 Å². The Morgan fingerprint density at radius 3 is 2.56 bits per heavy atom. The van der Waals surface area contributed by atoms with Gasteiger partial charge in [0.15, 0.2) is 5.78 Å². The summed E-state index contributed by atoms with van der Waals surface area (Å²) in [6.07, 6.45) is 5.15. The van der Waals surface area contributed by atoms with E-state index in [0.29, 0.717) is 5.56 Å². The van der Waals surface area contributed by atoms with Gasteiger partial charge in [0.1, 0.15) is 11.0 Å². The van der Waals surface area contributed by atoms with Crippen molar-refractivity contribution in [1.82, 2.24) is 0 Å². The Kier molecular flexibility index (Phi) is 6.16. The summed E-state index contributed by atoms with van der Waals surface area (Å²) in [4.78, 5) is 17.3. The number of aryl methyl sites for hydroxylation is 1. The van der Waals surface area contributed by atoms with Crippen LogP contribution < -0.4 is 10.6 Å². The highest BCUT2D eigenvalue weighted by molar-refractivity contribution is 9.10. The number of fused-ring (bicyclic) bond motifs is 2. The molecule has 3 nitrogen and oxygen atoms in total. The smallest absolute Gasteiger partial charge is 0.160 e. The van der Waals surface area contributed by atoms with E-state index in [1.54, 1.807) is 6.92 Å². The molecule has 1 heterocycles. The lowest BCUT2D eigenvalue weighted by Crippen LogP contribution is -2.19. The van der Waals surface area contributed by atoms with Gasteiger partial charge in [-0.25, -0.2) is 0 Å². The van der Waals surface area contributed by atoms with E-state index in [1.807, 2.05) is 56.3 Å². The zero-order valence-corrected chi connectivity index (χ0v) is 20.6. The monoisotopic (exact) mass is 487 g/mol. The first-order valence-corrected chi connectivity index (χ1v) is 11.6. The molecule has 0 aliphatic rings. The van der Waals surface area contributed by atoms with E-state index in [0.717, 1.165) is 65.8 Å². The molecule has 0 unspecified atom stereocenters. The van der Waals surface area contributed by atoms with Crippen LogP contribution >= 0.6 is 15.9 Å². The quantitative estimate of drug-likeness (QED) is 0.230. The van der Waals surface area contributed by atoms with Crippen LogP contribution in [-0.4, -0.2) is 11.5 Å². The summed E-state index contributed by atoms with van der Waals surface area (Å²) in [5.74, 6) is 0.0407. The topological polar surface area (TPSA) is 42.6 Å². The predicted octanol–water partition coefficient (Wildman–Crippen LogP) is 6.99. The van der Waals surface area contributed by atoms with E-state index < -0.39 is 0 Å². The number of carbonyl (C=O) groups is 1. The van der Waals surface area contributed by atoms with E-state index in [1.165, 1.54) is 0 Å². The van der Waals surface area contributed by atoms with Gasteiger partial charge in [-0.15, -0.1) is 0 Å². The molecule has 0 saturated carbocycles. The molecule has 0 saturated heterocycles. The number of aliphatic imine (C=N–C) groups is 1. The summed E-state index contributed by atoms with van der Waals surface area (Å²) in [6, 6.07) is 14.0. The molecular weight excluding hydrogens is 462 g/mol. The number of benzene rings is 3. The Morgan fingerprint density at radius 1 is 1.09 bits per heavy atom. The van der Waals surface area contributed by atoms with Crippen LogP contribution in [0.4, 0.5) is 5.69 Å². The summed E-state index contributed by atoms with van der Waals surface area (Å²) < 4.78 is 7.07. The van der Waals surface area contributed by atoms with Gasteiger partial charge in [-0.2, -0.15) is 0 Å². The Labute approximate surface area is 196 Å². The zero-order chi connectivity index (χ0) is 23.0. The van der Waals surface area contributed by atoms with Crippen molar-refractivity contribution in [2.45, 2.75) is 41.0 Å². The van der Waals surface area contributed by atoms with Crippen molar-refractivity contribution in [3.8, 4) is 0 Å². The van der Waals surface area contributed by atoms with Gasteiger partial charge >= 0.3 is 0 Å². The van der Waals surface area contributed by atoms with Crippen molar-refractivity contribution in [2.75, 3.05) is 0 Å². The fourth-order valence-electron chi connectivity index (χ4n) is 4.23. The lowest BCUT2D eigenvalue weighted by Gasteiger charge is -2.12. The molecule has 162 valence electrons. The molecule has 1 aromatic heterocycles. The Balaban J connectivity index is 1.95. The first kappa shape index (κ1) is 22.2. The Bertz CT molecular complexity index is 1520. The maximum Gasteiger partial charge on any atom is 0.160 e. The first-order valence-electron chi connectivity index (χ1n) is 10.8. The van der Waals surface area contributed by atoms with Gasteiger partial charge in [-0.1, -0.05) is 47.1 Å². The summed E-state index contributed by atoms with van der Waals surface area (Å²) in [6.45, 7) is 9.79. The van der Waals surface area contributed by atoms with Crippen molar-refractivity contribution in [2.24, 2.45) is 4.99 Å². The highest BCUT2D eigenvalue weighted by Gasteiger charge is 2.14. The molecular formula is C28H26BrNO2. The van der Waals surface area contributed by atoms with Gasteiger partial charge in [-0.3, -0.25) is 9.79 Å². The van der Waals surface area contributed by atoms with Crippen LogP contribution in [-0.2, 0) is 0 Å². The molecule has 0 aliphatic heterocycles. The maximum absolute atomic E-state index is 12.3. The minimum Gasteiger partial charge on any atom is -0.456 e. The first-order chi connectivity index (χ1) is 15.3. The molecule has 0 radical (unpaired) electrons. The lowest BCUT2D eigenvalue weighted by atomic mass is 9.95. The molecule has 4 heteroatoms. The molecule has 0 aliphatic carbocycles. The Hall–Kier alpha value is -2.98.